The van der Waals surface area contributed by atoms with Crippen molar-refractivity contribution in [3.63, 3.8) is 0 Å². The Bertz CT molecular complexity index is 582. The molecule has 0 saturated carbocycles. The van der Waals surface area contributed by atoms with Gasteiger partial charge in [-0.2, -0.15) is 0 Å². The second-order valence-electron chi connectivity index (χ2n) is 4.54. The van der Waals surface area contributed by atoms with Gasteiger partial charge >= 0.3 is 0 Å². The standard InChI is InChI=1S/C15H13BrClN/c16-15-12(17)6-3-7-14(15)18-13-9-8-10-4-1-2-5-11(10)13/h1-7,13,18H,8-9H2. The van der Waals surface area contributed by atoms with E-state index in [1.165, 1.54) is 11.1 Å². The van der Waals surface area contributed by atoms with E-state index in [9.17, 15) is 0 Å². The average Bonchev–Trinajstić information content (AvgIpc) is 2.79. The average molecular weight is 323 g/mol. The molecule has 0 aliphatic heterocycles. The molecule has 3 rings (SSSR count). The molecular formula is C15H13BrClN. The molecule has 1 aliphatic rings. The van der Waals surface area contributed by atoms with Crippen LogP contribution in [0, 0.1) is 0 Å². The van der Waals surface area contributed by atoms with E-state index in [0.717, 1.165) is 28.0 Å². The molecule has 0 bridgehead atoms. The lowest BCUT2D eigenvalue weighted by Gasteiger charge is -2.17. The molecule has 2 aromatic rings. The number of rotatable bonds is 2. The van der Waals surface area contributed by atoms with Crippen LogP contribution in [0.25, 0.3) is 0 Å². The van der Waals surface area contributed by atoms with Crippen LogP contribution < -0.4 is 5.32 Å². The summed E-state index contributed by atoms with van der Waals surface area (Å²) in [6.45, 7) is 0. The molecule has 3 heteroatoms. The van der Waals surface area contributed by atoms with Crippen LogP contribution in [0.1, 0.15) is 23.6 Å². The molecule has 0 aromatic heterocycles. The zero-order valence-corrected chi connectivity index (χ0v) is 12.1. The van der Waals surface area contributed by atoms with Gasteiger partial charge in [-0.25, -0.2) is 0 Å². The number of fused-ring (bicyclic) bond motifs is 1. The predicted octanol–water partition coefficient (Wildman–Crippen LogP) is 5.20. The summed E-state index contributed by atoms with van der Waals surface area (Å²) in [7, 11) is 0. The second kappa shape index (κ2) is 4.94. The van der Waals surface area contributed by atoms with Crippen LogP contribution in [0.2, 0.25) is 5.02 Å². The van der Waals surface area contributed by atoms with Gasteiger partial charge in [0.1, 0.15) is 0 Å². The van der Waals surface area contributed by atoms with Crippen molar-refractivity contribution in [3.8, 4) is 0 Å². The summed E-state index contributed by atoms with van der Waals surface area (Å²) in [5.74, 6) is 0. The van der Waals surface area contributed by atoms with Gasteiger partial charge in [0, 0.05) is 0 Å². The molecule has 0 radical (unpaired) electrons. The molecule has 1 aliphatic carbocycles. The van der Waals surface area contributed by atoms with Crippen molar-refractivity contribution in [1.82, 2.24) is 0 Å². The summed E-state index contributed by atoms with van der Waals surface area (Å²) in [5, 5.41) is 4.32. The van der Waals surface area contributed by atoms with Crippen molar-refractivity contribution in [2.24, 2.45) is 0 Å². The van der Waals surface area contributed by atoms with Gasteiger partial charge < -0.3 is 5.32 Å². The Balaban J connectivity index is 1.89. The maximum absolute atomic E-state index is 6.11. The Morgan fingerprint density at radius 1 is 1.11 bits per heavy atom. The molecule has 2 aromatic carbocycles. The highest BCUT2D eigenvalue weighted by molar-refractivity contribution is 9.10. The predicted molar refractivity (Wildman–Crippen MR) is 80.3 cm³/mol. The molecule has 0 saturated heterocycles. The van der Waals surface area contributed by atoms with E-state index < -0.39 is 0 Å². The molecule has 18 heavy (non-hydrogen) atoms. The summed E-state index contributed by atoms with van der Waals surface area (Å²) in [4.78, 5) is 0. The van der Waals surface area contributed by atoms with Crippen molar-refractivity contribution in [2.75, 3.05) is 5.32 Å². The second-order valence-corrected chi connectivity index (χ2v) is 5.74. The Morgan fingerprint density at radius 3 is 2.83 bits per heavy atom. The van der Waals surface area contributed by atoms with E-state index >= 15 is 0 Å². The Hall–Kier alpha value is -0.990. The fourth-order valence-electron chi connectivity index (χ4n) is 2.51. The monoisotopic (exact) mass is 321 g/mol. The third-order valence-electron chi connectivity index (χ3n) is 3.41. The van der Waals surface area contributed by atoms with Crippen LogP contribution >= 0.6 is 27.5 Å². The van der Waals surface area contributed by atoms with Crippen molar-refractivity contribution in [2.45, 2.75) is 18.9 Å². The summed E-state index contributed by atoms with van der Waals surface area (Å²) in [6, 6.07) is 14.9. The smallest absolute Gasteiger partial charge is 0.0593 e. The number of benzene rings is 2. The highest BCUT2D eigenvalue weighted by atomic mass is 79.9. The summed E-state index contributed by atoms with van der Waals surface area (Å²) < 4.78 is 0.941. The number of nitrogens with one attached hydrogen (secondary N) is 1. The third-order valence-corrected chi connectivity index (χ3v) is 4.81. The van der Waals surface area contributed by atoms with Crippen LogP contribution in [0.15, 0.2) is 46.9 Å². The van der Waals surface area contributed by atoms with Crippen LogP contribution in [0.5, 0.6) is 0 Å². The Kier molecular flexibility index (Phi) is 3.31. The summed E-state index contributed by atoms with van der Waals surface area (Å²) in [6.07, 6.45) is 2.28. The lowest BCUT2D eigenvalue weighted by Crippen LogP contribution is -2.07. The van der Waals surface area contributed by atoms with Crippen molar-refractivity contribution in [1.29, 1.82) is 0 Å². The molecule has 0 amide bonds. The Labute approximate surface area is 120 Å². The number of anilines is 1. The minimum absolute atomic E-state index is 0.385. The van der Waals surface area contributed by atoms with Crippen molar-refractivity contribution >= 4 is 33.2 Å². The van der Waals surface area contributed by atoms with Crippen molar-refractivity contribution in [3.05, 3.63) is 63.1 Å². The molecular weight excluding hydrogens is 310 g/mol. The molecule has 0 spiro atoms. The highest BCUT2D eigenvalue weighted by Gasteiger charge is 2.22. The molecule has 1 atom stereocenters. The molecule has 92 valence electrons. The SMILES string of the molecule is Clc1cccc(NC2CCc3ccccc32)c1Br. The maximum Gasteiger partial charge on any atom is 0.0593 e. The quantitative estimate of drug-likeness (QED) is 0.801. The van der Waals surface area contributed by atoms with E-state index in [1.807, 2.05) is 12.1 Å². The number of aryl methyl sites for hydroxylation is 1. The van der Waals surface area contributed by atoms with Gasteiger partial charge in [-0.15, -0.1) is 0 Å². The van der Waals surface area contributed by atoms with E-state index in [1.54, 1.807) is 0 Å². The van der Waals surface area contributed by atoms with Gasteiger partial charge in [0.25, 0.3) is 0 Å². The van der Waals surface area contributed by atoms with Gasteiger partial charge in [0.2, 0.25) is 0 Å². The number of hydrogen-bond acceptors (Lipinski definition) is 1. The molecule has 1 nitrogen and oxygen atoms in total. The first-order valence-corrected chi connectivity index (χ1v) is 7.21. The van der Waals surface area contributed by atoms with Crippen LogP contribution in [-0.2, 0) is 6.42 Å². The van der Waals surface area contributed by atoms with Gasteiger partial charge in [0.15, 0.2) is 0 Å². The summed E-state index contributed by atoms with van der Waals surface area (Å²) >= 11 is 9.65. The van der Waals surface area contributed by atoms with E-state index in [4.69, 9.17) is 11.6 Å². The van der Waals surface area contributed by atoms with Gasteiger partial charge in [0.05, 0.1) is 21.2 Å². The fourth-order valence-corrected chi connectivity index (χ4v) is 3.06. The summed E-state index contributed by atoms with van der Waals surface area (Å²) in [5.41, 5.74) is 3.92. The maximum atomic E-state index is 6.11. The molecule has 0 heterocycles. The topological polar surface area (TPSA) is 12.0 Å². The van der Waals surface area contributed by atoms with Crippen LogP contribution in [-0.4, -0.2) is 0 Å². The van der Waals surface area contributed by atoms with E-state index in [-0.39, 0.29) is 0 Å². The van der Waals surface area contributed by atoms with Crippen LogP contribution in [0.4, 0.5) is 5.69 Å². The molecule has 1 unspecified atom stereocenters. The first-order chi connectivity index (χ1) is 8.75. The third kappa shape index (κ3) is 2.15. The van der Waals surface area contributed by atoms with Crippen LogP contribution in [0.3, 0.4) is 0 Å². The molecule has 1 N–H and O–H groups in total. The highest BCUT2D eigenvalue weighted by Crippen LogP contribution is 2.37. The first-order valence-electron chi connectivity index (χ1n) is 6.04. The number of halogens is 2. The lowest BCUT2D eigenvalue weighted by atomic mass is 10.1. The molecule has 0 fully saturated rings. The lowest BCUT2D eigenvalue weighted by molar-refractivity contribution is 0.761. The van der Waals surface area contributed by atoms with E-state index in [0.29, 0.717) is 6.04 Å². The Morgan fingerprint density at radius 2 is 1.94 bits per heavy atom. The van der Waals surface area contributed by atoms with E-state index in [2.05, 4.69) is 51.6 Å². The zero-order valence-electron chi connectivity index (χ0n) is 9.79. The fraction of sp³-hybridized carbons (Fsp3) is 0.200. The minimum atomic E-state index is 0.385. The number of hydrogen-bond donors (Lipinski definition) is 1. The van der Waals surface area contributed by atoms with Gasteiger partial charge in [-0.05, 0) is 52.0 Å². The zero-order chi connectivity index (χ0) is 12.5. The minimum Gasteiger partial charge on any atom is -0.377 e. The van der Waals surface area contributed by atoms with Gasteiger partial charge in [-0.3, -0.25) is 0 Å². The first kappa shape index (κ1) is 12.1. The normalized spacial score (nSPS) is 17.6. The van der Waals surface area contributed by atoms with Gasteiger partial charge in [-0.1, -0.05) is 41.9 Å². The van der Waals surface area contributed by atoms with Crippen molar-refractivity contribution < 1.29 is 0 Å². The largest absolute Gasteiger partial charge is 0.377 e.